The third-order valence-corrected chi connectivity index (χ3v) is 3.21. The summed E-state index contributed by atoms with van der Waals surface area (Å²) in [4.78, 5) is 11.5. The topological polar surface area (TPSA) is 84.6 Å². The van der Waals surface area contributed by atoms with Gasteiger partial charge < -0.3 is 20.9 Å². The molecular weight excluding hydrogens is 324 g/mol. The van der Waals surface area contributed by atoms with Crippen molar-refractivity contribution in [1.82, 2.24) is 5.32 Å². The molecular formula is C14H21BrN2O3. The minimum Gasteiger partial charge on any atom is -0.508 e. The maximum absolute atomic E-state index is 11.5. The number of aromatic hydroxyl groups is 1. The molecule has 0 fully saturated rings. The van der Waals surface area contributed by atoms with E-state index in [1.807, 2.05) is 6.07 Å². The van der Waals surface area contributed by atoms with E-state index in [9.17, 15) is 9.90 Å². The third-order valence-electron chi connectivity index (χ3n) is 2.47. The molecule has 0 aliphatic carbocycles. The Kier molecular flexibility index (Phi) is 5.83. The Morgan fingerprint density at radius 3 is 2.70 bits per heavy atom. The SMILES string of the molecule is CC(C)(C)OC(=O)NCC(N)Cc1c(O)cccc1Br. The minimum atomic E-state index is -0.533. The van der Waals surface area contributed by atoms with Gasteiger partial charge in [0.05, 0.1) is 0 Å². The Morgan fingerprint density at radius 1 is 1.50 bits per heavy atom. The fourth-order valence-electron chi connectivity index (χ4n) is 1.61. The molecule has 0 aromatic heterocycles. The van der Waals surface area contributed by atoms with Crippen LogP contribution in [-0.2, 0) is 11.2 Å². The smallest absolute Gasteiger partial charge is 0.407 e. The van der Waals surface area contributed by atoms with Crippen molar-refractivity contribution in [2.24, 2.45) is 5.73 Å². The molecule has 0 saturated heterocycles. The first-order chi connectivity index (χ1) is 9.19. The van der Waals surface area contributed by atoms with Crippen molar-refractivity contribution in [3.8, 4) is 5.75 Å². The summed E-state index contributed by atoms with van der Waals surface area (Å²) >= 11 is 3.37. The third kappa shape index (κ3) is 5.79. The van der Waals surface area contributed by atoms with Crippen LogP contribution in [0.1, 0.15) is 26.3 Å². The number of hydrogen-bond acceptors (Lipinski definition) is 4. The van der Waals surface area contributed by atoms with Crippen LogP contribution >= 0.6 is 15.9 Å². The lowest BCUT2D eigenvalue weighted by molar-refractivity contribution is 0.0524. The number of carbonyl (C=O) groups excluding carboxylic acids is 1. The number of alkyl carbamates (subject to hydrolysis) is 1. The summed E-state index contributed by atoms with van der Waals surface area (Å²) in [5, 5.41) is 12.4. The normalized spacial score (nSPS) is 12.8. The molecule has 0 heterocycles. The van der Waals surface area contributed by atoms with Crippen LogP contribution in [-0.4, -0.2) is 29.4 Å². The van der Waals surface area contributed by atoms with E-state index in [4.69, 9.17) is 10.5 Å². The number of amides is 1. The van der Waals surface area contributed by atoms with Crippen LogP contribution in [0.3, 0.4) is 0 Å². The van der Waals surface area contributed by atoms with E-state index in [2.05, 4.69) is 21.2 Å². The van der Waals surface area contributed by atoms with Gasteiger partial charge in [-0.3, -0.25) is 0 Å². The number of phenolic OH excluding ortho intramolecular Hbond substituents is 1. The summed E-state index contributed by atoms with van der Waals surface area (Å²) in [5.41, 5.74) is 6.15. The van der Waals surface area contributed by atoms with Crippen LogP contribution in [0.2, 0.25) is 0 Å². The van der Waals surface area contributed by atoms with Crippen molar-refractivity contribution < 1.29 is 14.6 Å². The zero-order chi connectivity index (χ0) is 15.3. The number of rotatable bonds is 4. The largest absolute Gasteiger partial charge is 0.508 e. The number of halogens is 1. The fraction of sp³-hybridized carbons (Fsp3) is 0.500. The van der Waals surface area contributed by atoms with Crippen molar-refractivity contribution in [1.29, 1.82) is 0 Å². The molecule has 1 amide bonds. The van der Waals surface area contributed by atoms with Gasteiger partial charge in [0, 0.05) is 22.6 Å². The maximum atomic E-state index is 11.5. The van der Waals surface area contributed by atoms with Crippen LogP contribution in [0.15, 0.2) is 22.7 Å². The second kappa shape index (κ2) is 6.95. The summed E-state index contributed by atoms with van der Waals surface area (Å²) in [7, 11) is 0. The van der Waals surface area contributed by atoms with Gasteiger partial charge in [-0.05, 0) is 39.3 Å². The summed E-state index contributed by atoms with van der Waals surface area (Å²) < 4.78 is 5.92. The van der Waals surface area contributed by atoms with Gasteiger partial charge in [0.2, 0.25) is 0 Å². The second-order valence-electron chi connectivity index (χ2n) is 5.58. The fourth-order valence-corrected chi connectivity index (χ4v) is 2.13. The van der Waals surface area contributed by atoms with E-state index < -0.39 is 11.7 Å². The lowest BCUT2D eigenvalue weighted by Crippen LogP contribution is -2.41. The van der Waals surface area contributed by atoms with Gasteiger partial charge >= 0.3 is 6.09 Å². The molecule has 5 nitrogen and oxygen atoms in total. The molecule has 1 rings (SSSR count). The standard InChI is InChI=1S/C14H21BrN2O3/c1-14(2,3)20-13(19)17-8-9(16)7-10-11(15)5-4-6-12(10)18/h4-6,9,18H,7-8,16H2,1-3H3,(H,17,19). The summed E-state index contributed by atoms with van der Waals surface area (Å²) in [6.07, 6.45) is -0.0485. The molecule has 0 saturated carbocycles. The molecule has 1 aromatic rings. The second-order valence-corrected chi connectivity index (χ2v) is 6.44. The van der Waals surface area contributed by atoms with Crippen molar-refractivity contribution >= 4 is 22.0 Å². The van der Waals surface area contributed by atoms with Gasteiger partial charge in [0.1, 0.15) is 11.4 Å². The highest BCUT2D eigenvalue weighted by molar-refractivity contribution is 9.10. The van der Waals surface area contributed by atoms with Gasteiger partial charge in [-0.2, -0.15) is 0 Å². The van der Waals surface area contributed by atoms with Gasteiger partial charge in [-0.1, -0.05) is 22.0 Å². The monoisotopic (exact) mass is 344 g/mol. The highest BCUT2D eigenvalue weighted by Crippen LogP contribution is 2.26. The molecule has 1 aromatic carbocycles. The van der Waals surface area contributed by atoms with Crippen LogP contribution < -0.4 is 11.1 Å². The van der Waals surface area contributed by atoms with Crippen molar-refractivity contribution in [2.75, 3.05) is 6.54 Å². The number of ether oxygens (including phenoxy) is 1. The van der Waals surface area contributed by atoms with Gasteiger partial charge in [0.15, 0.2) is 0 Å². The summed E-state index contributed by atoms with van der Waals surface area (Å²) in [6.45, 7) is 5.67. The Bertz CT molecular complexity index is 452. The van der Waals surface area contributed by atoms with Crippen molar-refractivity contribution in [2.45, 2.75) is 38.8 Å². The molecule has 4 N–H and O–H groups in total. The molecule has 1 unspecified atom stereocenters. The van der Waals surface area contributed by atoms with Crippen LogP contribution in [0.25, 0.3) is 0 Å². The Hall–Kier alpha value is -1.27. The van der Waals surface area contributed by atoms with E-state index in [1.165, 1.54) is 0 Å². The Balaban J connectivity index is 2.48. The minimum absolute atomic E-state index is 0.187. The molecule has 0 aliphatic heterocycles. The molecule has 0 radical (unpaired) electrons. The Labute approximate surface area is 127 Å². The quantitative estimate of drug-likeness (QED) is 0.783. The van der Waals surface area contributed by atoms with Crippen molar-refractivity contribution in [3.05, 3.63) is 28.2 Å². The number of nitrogens with two attached hydrogens (primary N) is 1. The molecule has 112 valence electrons. The van der Waals surface area contributed by atoms with Crippen LogP contribution in [0.4, 0.5) is 4.79 Å². The molecule has 20 heavy (non-hydrogen) atoms. The number of phenols is 1. The first-order valence-corrected chi connectivity index (χ1v) is 7.17. The number of hydrogen-bond donors (Lipinski definition) is 3. The number of nitrogens with one attached hydrogen (secondary N) is 1. The average Bonchev–Trinajstić information content (AvgIpc) is 2.29. The summed E-state index contributed by atoms with van der Waals surface area (Å²) in [6, 6.07) is 4.87. The molecule has 1 atom stereocenters. The number of carbonyl (C=O) groups is 1. The lowest BCUT2D eigenvalue weighted by atomic mass is 10.1. The van der Waals surface area contributed by atoms with E-state index >= 15 is 0 Å². The predicted molar refractivity (Wildman–Crippen MR) is 81.7 cm³/mol. The first-order valence-electron chi connectivity index (χ1n) is 6.38. The maximum Gasteiger partial charge on any atom is 0.407 e. The van der Waals surface area contributed by atoms with Crippen LogP contribution in [0.5, 0.6) is 5.75 Å². The Morgan fingerprint density at radius 2 is 2.15 bits per heavy atom. The van der Waals surface area contributed by atoms with Gasteiger partial charge in [0.25, 0.3) is 0 Å². The van der Waals surface area contributed by atoms with Gasteiger partial charge in [-0.15, -0.1) is 0 Å². The van der Waals surface area contributed by atoms with E-state index in [-0.39, 0.29) is 18.3 Å². The van der Waals surface area contributed by atoms with Crippen molar-refractivity contribution in [3.63, 3.8) is 0 Å². The number of benzene rings is 1. The summed E-state index contributed by atoms with van der Waals surface area (Å²) in [5.74, 6) is 0.187. The highest BCUT2D eigenvalue weighted by Gasteiger charge is 2.17. The van der Waals surface area contributed by atoms with Gasteiger partial charge in [-0.25, -0.2) is 4.79 Å². The molecule has 6 heteroatoms. The zero-order valence-electron chi connectivity index (χ0n) is 11.9. The molecule has 0 spiro atoms. The first kappa shape index (κ1) is 16.8. The molecule has 0 aliphatic rings. The lowest BCUT2D eigenvalue weighted by Gasteiger charge is -2.21. The average molecular weight is 345 g/mol. The molecule has 0 bridgehead atoms. The van der Waals surface area contributed by atoms with E-state index in [0.29, 0.717) is 6.42 Å². The van der Waals surface area contributed by atoms with Crippen LogP contribution in [0, 0.1) is 0 Å². The van der Waals surface area contributed by atoms with E-state index in [1.54, 1.807) is 32.9 Å². The van der Waals surface area contributed by atoms with E-state index in [0.717, 1.165) is 10.0 Å². The zero-order valence-corrected chi connectivity index (χ0v) is 13.5. The highest BCUT2D eigenvalue weighted by atomic mass is 79.9. The predicted octanol–water partition coefficient (Wildman–Crippen LogP) is 2.55.